The molecule has 58 valence electrons. The van der Waals surface area contributed by atoms with Gasteiger partial charge in [0.15, 0.2) is 0 Å². The molecule has 0 aliphatic heterocycles. The highest BCUT2D eigenvalue weighted by Crippen LogP contribution is 2.25. The van der Waals surface area contributed by atoms with Crippen molar-refractivity contribution in [2.24, 2.45) is 0 Å². The smallest absolute Gasteiger partial charge is 0.207 e. The second-order valence-corrected chi connectivity index (χ2v) is 2.51. The average molecular weight is 158 g/mol. The maximum atomic E-state index is 9.26. The summed E-state index contributed by atoms with van der Waals surface area (Å²) in [4.78, 5) is 2.71. The van der Waals surface area contributed by atoms with Crippen LogP contribution in [0.4, 0.5) is 0 Å². The number of H-pyrrole nitrogens is 1. The lowest BCUT2D eigenvalue weighted by Crippen LogP contribution is -1.68. The van der Waals surface area contributed by atoms with Crippen LogP contribution in [0.2, 0.25) is 0 Å². The summed E-state index contributed by atoms with van der Waals surface area (Å²) >= 11 is 0. The third-order valence-corrected chi connectivity index (χ3v) is 1.80. The van der Waals surface area contributed by atoms with Crippen LogP contribution in [-0.2, 0) is 0 Å². The summed E-state index contributed by atoms with van der Waals surface area (Å²) in [5.74, 6) is -0.0568. The van der Waals surface area contributed by atoms with Crippen molar-refractivity contribution in [1.82, 2.24) is 4.98 Å². The van der Waals surface area contributed by atoms with Crippen molar-refractivity contribution >= 4 is 10.9 Å². The maximum Gasteiger partial charge on any atom is 0.207 e. The monoisotopic (exact) mass is 158 g/mol. The third-order valence-electron chi connectivity index (χ3n) is 1.80. The topological polar surface area (TPSA) is 59.8 Å². The quantitative estimate of drug-likeness (QED) is 0.613. The summed E-state index contributed by atoms with van der Waals surface area (Å²) in [6, 6.07) is 9.22. The van der Waals surface area contributed by atoms with Crippen molar-refractivity contribution in [3.63, 3.8) is 0 Å². The highest BCUT2D eigenvalue weighted by atomic mass is 16.3. The van der Waals surface area contributed by atoms with E-state index in [0.717, 1.165) is 10.9 Å². The summed E-state index contributed by atoms with van der Waals surface area (Å²) in [7, 11) is 0. The van der Waals surface area contributed by atoms with Crippen LogP contribution < -0.4 is 0 Å². The zero-order chi connectivity index (χ0) is 8.55. The van der Waals surface area contributed by atoms with Gasteiger partial charge in [0.05, 0.1) is 0 Å². The van der Waals surface area contributed by atoms with Gasteiger partial charge in [0.25, 0.3) is 0 Å². The second kappa shape index (κ2) is 2.28. The number of benzene rings is 1. The first-order valence-electron chi connectivity index (χ1n) is 3.52. The van der Waals surface area contributed by atoms with E-state index in [2.05, 4.69) is 4.98 Å². The molecule has 3 nitrogen and oxygen atoms in total. The number of aromatic nitrogens is 1. The number of hydrogen-bond acceptors (Lipinski definition) is 2. The summed E-state index contributed by atoms with van der Waals surface area (Å²) in [5.41, 5.74) is 1.09. The number of rotatable bonds is 0. The van der Waals surface area contributed by atoms with E-state index in [1.54, 1.807) is 6.07 Å². The van der Waals surface area contributed by atoms with E-state index in [-0.39, 0.29) is 5.88 Å². The van der Waals surface area contributed by atoms with Gasteiger partial charge in [-0.1, -0.05) is 18.2 Å². The van der Waals surface area contributed by atoms with Crippen LogP contribution in [0.1, 0.15) is 5.56 Å². The minimum atomic E-state index is -0.0568. The van der Waals surface area contributed by atoms with E-state index in [4.69, 9.17) is 5.26 Å². The number of nitriles is 1. The lowest BCUT2D eigenvalue weighted by atomic mass is 10.2. The standard InChI is InChI=1S/C9H6N2O/c10-5-7-6-3-1-2-4-8(6)11-9(7)12/h1-4,11-12H. The normalized spacial score (nSPS) is 9.92. The SMILES string of the molecule is N#Cc1c(O)[nH]c2ccccc12. The Balaban J connectivity index is 2.93. The Morgan fingerprint density at radius 1 is 1.33 bits per heavy atom. The highest BCUT2D eigenvalue weighted by molar-refractivity contribution is 5.88. The number of nitrogens with one attached hydrogen (secondary N) is 1. The number of hydrogen-bond donors (Lipinski definition) is 2. The van der Waals surface area contributed by atoms with E-state index in [0.29, 0.717) is 5.56 Å². The van der Waals surface area contributed by atoms with Crippen molar-refractivity contribution in [3.8, 4) is 11.9 Å². The Hall–Kier alpha value is -1.95. The van der Waals surface area contributed by atoms with Gasteiger partial charge in [-0.25, -0.2) is 0 Å². The first-order valence-corrected chi connectivity index (χ1v) is 3.52. The van der Waals surface area contributed by atoms with Crippen LogP contribution in [0.3, 0.4) is 0 Å². The summed E-state index contributed by atoms with van der Waals surface area (Å²) in [5, 5.41) is 18.7. The predicted octanol–water partition coefficient (Wildman–Crippen LogP) is 1.75. The minimum absolute atomic E-state index is 0.0568. The molecule has 2 aromatic rings. The molecule has 1 aromatic heterocycles. The number of nitrogens with zero attached hydrogens (tertiary/aromatic N) is 1. The van der Waals surface area contributed by atoms with Crippen LogP contribution in [0.5, 0.6) is 5.88 Å². The molecule has 0 atom stereocenters. The Morgan fingerprint density at radius 3 is 2.83 bits per heavy atom. The van der Waals surface area contributed by atoms with Gasteiger partial charge in [-0.05, 0) is 6.07 Å². The molecule has 2 rings (SSSR count). The third kappa shape index (κ3) is 0.753. The van der Waals surface area contributed by atoms with Gasteiger partial charge in [0.2, 0.25) is 5.88 Å². The van der Waals surface area contributed by atoms with Crippen molar-refractivity contribution < 1.29 is 5.11 Å². The Kier molecular flexibility index (Phi) is 1.28. The Bertz CT molecular complexity index is 465. The lowest BCUT2D eigenvalue weighted by molar-refractivity contribution is 0.457. The zero-order valence-corrected chi connectivity index (χ0v) is 6.20. The van der Waals surface area contributed by atoms with Gasteiger partial charge in [0.1, 0.15) is 11.6 Å². The minimum Gasteiger partial charge on any atom is -0.494 e. The first-order chi connectivity index (χ1) is 5.83. The predicted molar refractivity (Wildman–Crippen MR) is 44.7 cm³/mol. The molecule has 2 N–H and O–H groups in total. The molecule has 0 saturated heterocycles. The van der Waals surface area contributed by atoms with E-state index in [9.17, 15) is 5.11 Å². The van der Waals surface area contributed by atoms with Crippen LogP contribution in [0.25, 0.3) is 10.9 Å². The molecule has 0 saturated carbocycles. The molecule has 3 heteroatoms. The molecule has 0 aliphatic rings. The Morgan fingerprint density at radius 2 is 2.08 bits per heavy atom. The van der Waals surface area contributed by atoms with Gasteiger partial charge in [-0.2, -0.15) is 5.26 Å². The second-order valence-electron chi connectivity index (χ2n) is 2.51. The Labute approximate surface area is 68.9 Å². The summed E-state index contributed by atoms with van der Waals surface area (Å²) in [6.07, 6.45) is 0. The molecule has 0 radical (unpaired) electrons. The molecule has 12 heavy (non-hydrogen) atoms. The number of para-hydroxylation sites is 1. The van der Waals surface area contributed by atoms with Gasteiger partial charge in [-0.15, -0.1) is 0 Å². The van der Waals surface area contributed by atoms with Crippen molar-refractivity contribution in [2.45, 2.75) is 0 Å². The van der Waals surface area contributed by atoms with E-state index < -0.39 is 0 Å². The fourth-order valence-corrected chi connectivity index (χ4v) is 1.24. The number of fused-ring (bicyclic) bond motifs is 1. The average Bonchev–Trinajstić information content (AvgIpc) is 2.40. The van der Waals surface area contributed by atoms with Gasteiger partial charge < -0.3 is 10.1 Å². The molecule has 0 aliphatic carbocycles. The highest BCUT2D eigenvalue weighted by Gasteiger charge is 2.07. The molecule has 0 bridgehead atoms. The fourth-order valence-electron chi connectivity index (χ4n) is 1.24. The van der Waals surface area contributed by atoms with Crippen LogP contribution >= 0.6 is 0 Å². The number of aromatic amines is 1. The first kappa shape index (κ1) is 6.74. The molecular weight excluding hydrogens is 152 g/mol. The molecule has 0 unspecified atom stereocenters. The largest absolute Gasteiger partial charge is 0.494 e. The zero-order valence-electron chi connectivity index (χ0n) is 6.20. The van der Waals surface area contributed by atoms with Crippen LogP contribution in [0, 0.1) is 11.3 Å². The molecule has 1 heterocycles. The van der Waals surface area contributed by atoms with Crippen molar-refractivity contribution in [1.29, 1.82) is 5.26 Å². The molecule has 0 amide bonds. The van der Waals surface area contributed by atoms with Gasteiger partial charge in [0, 0.05) is 10.9 Å². The van der Waals surface area contributed by atoms with Gasteiger partial charge >= 0.3 is 0 Å². The molecule has 0 spiro atoms. The van der Waals surface area contributed by atoms with Crippen LogP contribution in [0.15, 0.2) is 24.3 Å². The van der Waals surface area contributed by atoms with Crippen molar-refractivity contribution in [3.05, 3.63) is 29.8 Å². The van der Waals surface area contributed by atoms with Crippen molar-refractivity contribution in [2.75, 3.05) is 0 Å². The van der Waals surface area contributed by atoms with Crippen LogP contribution in [-0.4, -0.2) is 10.1 Å². The van der Waals surface area contributed by atoms with E-state index in [1.807, 2.05) is 24.3 Å². The molecule has 0 fully saturated rings. The van der Waals surface area contributed by atoms with E-state index in [1.165, 1.54) is 0 Å². The lowest BCUT2D eigenvalue weighted by Gasteiger charge is -1.85. The van der Waals surface area contributed by atoms with Gasteiger partial charge in [-0.3, -0.25) is 0 Å². The summed E-state index contributed by atoms with van der Waals surface area (Å²) < 4.78 is 0. The number of aromatic hydroxyl groups is 1. The summed E-state index contributed by atoms with van der Waals surface area (Å²) in [6.45, 7) is 0. The molecule has 1 aromatic carbocycles. The van der Waals surface area contributed by atoms with E-state index >= 15 is 0 Å². The fraction of sp³-hybridized carbons (Fsp3) is 0. The molecular formula is C9H6N2O. The maximum absolute atomic E-state index is 9.26.